The molecule has 0 bridgehead atoms. The average Bonchev–Trinajstić information content (AvgIpc) is 2.34. The molecule has 4 nitrogen and oxygen atoms in total. The molecule has 0 saturated heterocycles. The van der Waals surface area contributed by atoms with Crippen LogP contribution in [-0.2, 0) is 0 Å². The first-order valence-corrected chi connectivity index (χ1v) is 5.66. The van der Waals surface area contributed by atoms with Crippen LogP contribution in [0.3, 0.4) is 0 Å². The SMILES string of the molecule is Cc1ccc(Nc2ccc(C(=O)O)cc2Cl)cn1. The van der Waals surface area contributed by atoms with Gasteiger partial charge in [-0.05, 0) is 37.3 Å². The highest BCUT2D eigenvalue weighted by atomic mass is 35.5. The fraction of sp³-hybridized carbons (Fsp3) is 0.0769. The van der Waals surface area contributed by atoms with Crippen LogP contribution in [0.5, 0.6) is 0 Å². The van der Waals surface area contributed by atoms with Crippen LogP contribution in [-0.4, -0.2) is 16.1 Å². The van der Waals surface area contributed by atoms with Gasteiger partial charge in [0.15, 0.2) is 0 Å². The molecule has 0 aliphatic rings. The molecule has 0 amide bonds. The van der Waals surface area contributed by atoms with Crippen molar-refractivity contribution in [1.29, 1.82) is 0 Å². The Hall–Kier alpha value is -2.07. The maximum atomic E-state index is 10.8. The van der Waals surface area contributed by atoms with E-state index in [0.29, 0.717) is 10.7 Å². The zero-order valence-corrected chi connectivity index (χ0v) is 10.4. The molecule has 5 heteroatoms. The number of aromatic nitrogens is 1. The molecule has 0 unspecified atom stereocenters. The molecule has 0 saturated carbocycles. The number of hydrogen-bond acceptors (Lipinski definition) is 3. The number of aromatic carboxylic acids is 1. The summed E-state index contributed by atoms with van der Waals surface area (Å²) in [5.41, 5.74) is 2.53. The lowest BCUT2D eigenvalue weighted by Crippen LogP contribution is -1.98. The number of pyridine rings is 1. The van der Waals surface area contributed by atoms with Crippen molar-refractivity contribution in [2.24, 2.45) is 0 Å². The van der Waals surface area contributed by atoms with Gasteiger partial charge in [-0.3, -0.25) is 4.98 Å². The zero-order chi connectivity index (χ0) is 13.1. The standard InChI is InChI=1S/C13H11ClN2O2/c1-8-2-4-10(7-15-8)16-12-5-3-9(13(17)18)6-11(12)14/h2-7,16H,1H3,(H,17,18). The van der Waals surface area contributed by atoms with Crippen LogP contribution in [0.15, 0.2) is 36.5 Å². The Morgan fingerprint density at radius 3 is 2.67 bits per heavy atom. The van der Waals surface area contributed by atoms with Crippen LogP contribution < -0.4 is 5.32 Å². The molecule has 2 N–H and O–H groups in total. The first-order valence-electron chi connectivity index (χ1n) is 5.29. The van der Waals surface area contributed by atoms with Gasteiger partial charge < -0.3 is 10.4 Å². The Morgan fingerprint density at radius 1 is 1.33 bits per heavy atom. The van der Waals surface area contributed by atoms with E-state index in [4.69, 9.17) is 16.7 Å². The van der Waals surface area contributed by atoms with E-state index < -0.39 is 5.97 Å². The number of nitrogens with zero attached hydrogens (tertiary/aromatic N) is 1. The number of halogens is 1. The number of benzene rings is 1. The van der Waals surface area contributed by atoms with E-state index in [9.17, 15) is 4.79 Å². The molecule has 2 rings (SSSR count). The van der Waals surface area contributed by atoms with Crippen molar-refractivity contribution >= 4 is 28.9 Å². The second-order valence-corrected chi connectivity index (χ2v) is 4.22. The van der Waals surface area contributed by atoms with Crippen LogP contribution in [0, 0.1) is 6.92 Å². The highest BCUT2D eigenvalue weighted by Crippen LogP contribution is 2.26. The number of hydrogen-bond donors (Lipinski definition) is 2. The largest absolute Gasteiger partial charge is 0.478 e. The molecule has 18 heavy (non-hydrogen) atoms. The Bertz CT molecular complexity index is 582. The summed E-state index contributed by atoms with van der Waals surface area (Å²) in [6, 6.07) is 8.29. The van der Waals surface area contributed by atoms with Crippen molar-refractivity contribution in [3.05, 3.63) is 52.8 Å². The van der Waals surface area contributed by atoms with E-state index in [-0.39, 0.29) is 5.56 Å². The van der Waals surface area contributed by atoms with Gasteiger partial charge in [-0.25, -0.2) is 4.79 Å². The molecule has 1 heterocycles. The maximum absolute atomic E-state index is 10.8. The minimum Gasteiger partial charge on any atom is -0.478 e. The van der Waals surface area contributed by atoms with Crippen LogP contribution in [0.4, 0.5) is 11.4 Å². The molecular formula is C13H11ClN2O2. The van der Waals surface area contributed by atoms with Crippen molar-refractivity contribution in [1.82, 2.24) is 4.98 Å². The van der Waals surface area contributed by atoms with E-state index in [0.717, 1.165) is 11.4 Å². The minimum atomic E-state index is -1.000. The van der Waals surface area contributed by atoms with Gasteiger partial charge in [0.05, 0.1) is 28.2 Å². The summed E-state index contributed by atoms with van der Waals surface area (Å²) in [5, 5.41) is 12.3. The van der Waals surface area contributed by atoms with E-state index in [1.165, 1.54) is 12.1 Å². The number of carboxylic acid groups (broad SMARTS) is 1. The molecule has 0 radical (unpaired) electrons. The fourth-order valence-corrected chi connectivity index (χ4v) is 1.67. The van der Waals surface area contributed by atoms with Gasteiger partial charge in [-0.1, -0.05) is 11.6 Å². The lowest BCUT2D eigenvalue weighted by atomic mass is 10.2. The van der Waals surface area contributed by atoms with Gasteiger partial charge in [0.1, 0.15) is 0 Å². The molecule has 1 aromatic heterocycles. The average molecular weight is 263 g/mol. The number of carboxylic acids is 1. The summed E-state index contributed by atoms with van der Waals surface area (Å²) in [6.07, 6.45) is 1.69. The Labute approximate surface area is 109 Å². The molecule has 0 spiro atoms. The van der Waals surface area contributed by atoms with Crippen molar-refractivity contribution in [2.75, 3.05) is 5.32 Å². The summed E-state index contributed by atoms with van der Waals surface area (Å²) in [4.78, 5) is 14.9. The highest BCUT2D eigenvalue weighted by molar-refractivity contribution is 6.33. The Kier molecular flexibility index (Phi) is 3.48. The topological polar surface area (TPSA) is 62.2 Å². The van der Waals surface area contributed by atoms with Crippen LogP contribution >= 0.6 is 11.6 Å². The number of nitrogens with one attached hydrogen (secondary N) is 1. The lowest BCUT2D eigenvalue weighted by molar-refractivity contribution is 0.0697. The molecule has 0 aliphatic heterocycles. The summed E-state index contributed by atoms with van der Waals surface area (Å²) >= 11 is 6.01. The number of aryl methyl sites for hydroxylation is 1. The summed E-state index contributed by atoms with van der Waals surface area (Å²) in [6.45, 7) is 1.90. The summed E-state index contributed by atoms with van der Waals surface area (Å²) in [5.74, 6) is -1.000. The monoisotopic (exact) mass is 262 g/mol. The van der Waals surface area contributed by atoms with Gasteiger partial charge in [-0.2, -0.15) is 0 Å². The number of anilines is 2. The fourth-order valence-electron chi connectivity index (χ4n) is 1.45. The molecule has 2 aromatic rings. The van der Waals surface area contributed by atoms with E-state index in [2.05, 4.69) is 10.3 Å². The normalized spacial score (nSPS) is 10.1. The first-order chi connectivity index (χ1) is 8.56. The summed E-state index contributed by atoms with van der Waals surface area (Å²) in [7, 11) is 0. The number of rotatable bonds is 3. The van der Waals surface area contributed by atoms with E-state index in [1.807, 2.05) is 19.1 Å². The second-order valence-electron chi connectivity index (χ2n) is 3.81. The third kappa shape index (κ3) is 2.78. The quantitative estimate of drug-likeness (QED) is 0.889. The minimum absolute atomic E-state index is 0.160. The van der Waals surface area contributed by atoms with Gasteiger partial charge in [0.25, 0.3) is 0 Å². The molecular weight excluding hydrogens is 252 g/mol. The van der Waals surface area contributed by atoms with Crippen molar-refractivity contribution < 1.29 is 9.90 Å². The molecule has 0 fully saturated rings. The molecule has 92 valence electrons. The third-order valence-corrected chi connectivity index (χ3v) is 2.72. The smallest absolute Gasteiger partial charge is 0.335 e. The lowest BCUT2D eigenvalue weighted by Gasteiger charge is -2.08. The maximum Gasteiger partial charge on any atom is 0.335 e. The Morgan fingerprint density at radius 2 is 2.11 bits per heavy atom. The second kappa shape index (κ2) is 5.06. The van der Waals surface area contributed by atoms with E-state index in [1.54, 1.807) is 12.3 Å². The third-order valence-electron chi connectivity index (χ3n) is 2.41. The van der Waals surface area contributed by atoms with Crippen molar-refractivity contribution in [2.45, 2.75) is 6.92 Å². The van der Waals surface area contributed by atoms with Crippen LogP contribution in [0.25, 0.3) is 0 Å². The van der Waals surface area contributed by atoms with Gasteiger partial charge in [-0.15, -0.1) is 0 Å². The molecule has 0 atom stereocenters. The predicted molar refractivity (Wildman–Crippen MR) is 70.7 cm³/mol. The molecule has 0 aliphatic carbocycles. The highest BCUT2D eigenvalue weighted by Gasteiger charge is 2.07. The summed E-state index contributed by atoms with van der Waals surface area (Å²) < 4.78 is 0. The predicted octanol–water partition coefficient (Wildman–Crippen LogP) is 3.49. The van der Waals surface area contributed by atoms with Gasteiger partial charge >= 0.3 is 5.97 Å². The van der Waals surface area contributed by atoms with Gasteiger partial charge in [0.2, 0.25) is 0 Å². The number of carbonyl (C=O) groups is 1. The zero-order valence-electron chi connectivity index (χ0n) is 9.64. The van der Waals surface area contributed by atoms with Crippen molar-refractivity contribution in [3.8, 4) is 0 Å². The van der Waals surface area contributed by atoms with E-state index >= 15 is 0 Å². The van der Waals surface area contributed by atoms with Crippen LogP contribution in [0.2, 0.25) is 5.02 Å². The Balaban J connectivity index is 2.24. The van der Waals surface area contributed by atoms with Crippen molar-refractivity contribution in [3.63, 3.8) is 0 Å². The molecule has 1 aromatic carbocycles. The van der Waals surface area contributed by atoms with Crippen LogP contribution in [0.1, 0.15) is 16.1 Å². The first kappa shape index (κ1) is 12.4. The van der Waals surface area contributed by atoms with Gasteiger partial charge in [0, 0.05) is 5.69 Å².